The van der Waals surface area contributed by atoms with Crippen LogP contribution in [0.15, 0.2) is 23.1 Å². The zero-order chi connectivity index (χ0) is 13.1. The number of esters is 1. The highest BCUT2D eigenvalue weighted by Crippen LogP contribution is 2.15. The Morgan fingerprint density at radius 3 is 2.41 bits per heavy atom. The van der Waals surface area contributed by atoms with Gasteiger partial charge >= 0.3 is 5.97 Å². The summed E-state index contributed by atoms with van der Waals surface area (Å²) in [6.45, 7) is 0.174. The van der Waals surface area contributed by atoms with E-state index < -0.39 is 16.0 Å². The van der Waals surface area contributed by atoms with E-state index in [4.69, 9.17) is 9.88 Å². The van der Waals surface area contributed by atoms with Gasteiger partial charge in [-0.1, -0.05) is 0 Å². The van der Waals surface area contributed by atoms with E-state index >= 15 is 0 Å². The average molecular weight is 259 g/mol. The van der Waals surface area contributed by atoms with Crippen LogP contribution in [0.1, 0.15) is 15.9 Å². The van der Waals surface area contributed by atoms with Crippen LogP contribution < -0.4 is 5.14 Å². The van der Waals surface area contributed by atoms with Crippen LogP contribution in [0.4, 0.5) is 0 Å². The Kier molecular flexibility index (Phi) is 4.22. The molecule has 0 aliphatic rings. The number of rotatable bonds is 4. The van der Waals surface area contributed by atoms with Gasteiger partial charge in [0.1, 0.15) is 0 Å². The van der Waals surface area contributed by atoms with Gasteiger partial charge in [-0.3, -0.25) is 0 Å². The fourth-order valence-electron chi connectivity index (χ4n) is 1.31. The van der Waals surface area contributed by atoms with Crippen LogP contribution in [0.3, 0.4) is 0 Å². The number of sulfonamides is 1. The quantitative estimate of drug-likeness (QED) is 0.783. The van der Waals surface area contributed by atoms with Crippen LogP contribution in [-0.4, -0.2) is 28.6 Å². The highest BCUT2D eigenvalue weighted by atomic mass is 32.2. The standard InChI is InChI=1S/C10H13NO5S/c1-15-6-7-3-8(10(12)16-2)5-9(4-7)17(11,13)14/h3-5H,6H2,1-2H3,(H2,11,13,14). The van der Waals surface area contributed by atoms with Crippen LogP contribution in [0.5, 0.6) is 0 Å². The van der Waals surface area contributed by atoms with Crippen molar-refractivity contribution < 1.29 is 22.7 Å². The SMILES string of the molecule is COCc1cc(C(=O)OC)cc(S(N)(=O)=O)c1. The van der Waals surface area contributed by atoms with Crippen molar-refractivity contribution in [2.24, 2.45) is 5.14 Å². The third-order valence-corrected chi connectivity index (χ3v) is 2.92. The van der Waals surface area contributed by atoms with Gasteiger partial charge in [-0.2, -0.15) is 0 Å². The summed E-state index contributed by atoms with van der Waals surface area (Å²) in [5, 5.41) is 5.01. The summed E-state index contributed by atoms with van der Waals surface area (Å²) in [7, 11) is -1.20. The van der Waals surface area contributed by atoms with E-state index in [0.29, 0.717) is 5.56 Å². The van der Waals surface area contributed by atoms with E-state index in [9.17, 15) is 13.2 Å². The van der Waals surface area contributed by atoms with Crippen molar-refractivity contribution in [3.05, 3.63) is 29.3 Å². The summed E-state index contributed by atoms with van der Waals surface area (Å²) in [6.07, 6.45) is 0. The van der Waals surface area contributed by atoms with Crippen molar-refractivity contribution in [1.29, 1.82) is 0 Å². The lowest BCUT2D eigenvalue weighted by atomic mass is 10.1. The predicted octanol–water partition coefficient (Wildman–Crippen LogP) is 0.267. The minimum absolute atomic E-state index is 0.117. The molecular weight excluding hydrogens is 246 g/mol. The number of carbonyl (C=O) groups is 1. The number of methoxy groups -OCH3 is 2. The molecule has 1 aromatic rings. The number of hydrogen-bond donors (Lipinski definition) is 1. The molecule has 0 atom stereocenters. The molecule has 0 saturated heterocycles. The highest BCUT2D eigenvalue weighted by molar-refractivity contribution is 7.89. The smallest absolute Gasteiger partial charge is 0.337 e. The minimum atomic E-state index is -3.87. The van der Waals surface area contributed by atoms with Gasteiger partial charge in [0.05, 0.1) is 24.2 Å². The van der Waals surface area contributed by atoms with Crippen molar-refractivity contribution in [2.45, 2.75) is 11.5 Å². The van der Waals surface area contributed by atoms with Gasteiger partial charge < -0.3 is 9.47 Å². The summed E-state index contributed by atoms with van der Waals surface area (Å²) in [5.41, 5.74) is 0.644. The van der Waals surface area contributed by atoms with Crippen molar-refractivity contribution in [3.8, 4) is 0 Å². The second-order valence-electron chi connectivity index (χ2n) is 3.34. The molecule has 0 aromatic heterocycles. The molecule has 1 rings (SSSR count). The maximum Gasteiger partial charge on any atom is 0.337 e. The maximum atomic E-state index is 11.4. The number of hydrogen-bond acceptors (Lipinski definition) is 5. The first-order chi connectivity index (χ1) is 7.88. The monoisotopic (exact) mass is 259 g/mol. The van der Waals surface area contributed by atoms with Crippen molar-refractivity contribution >= 4 is 16.0 Å². The summed E-state index contributed by atoms with van der Waals surface area (Å²) in [4.78, 5) is 11.2. The van der Waals surface area contributed by atoms with Gasteiger partial charge in [0.15, 0.2) is 0 Å². The van der Waals surface area contributed by atoms with Crippen molar-refractivity contribution in [2.75, 3.05) is 14.2 Å². The largest absolute Gasteiger partial charge is 0.465 e. The Morgan fingerprint density at radius 1 is 1.29 bits per heavy atom. The van der Waals surface area contributed by atoms with Gasteiger partial charge in [0.2, 0.25) is 10.0 Å². The second-order valence-corrected chi connectivity index (χ2v) is 4.90. The molecule has 0 fully saturated rings. The molecular formula is C10H13NO5S. The van der Waals surface area contributed by atoms with Crippen LogP contribution in [0.25, 0.3) is 0 Å². The fraction of sp³-hybridized carbons (Fsp3) is 0.300. The zero-order valence-electron chi connectivity index (χ0n) is 9.47. The van der Waals surface area contributed by atoms with Crippen molar-refractivity contribution in [1.82, 2.24) is 0 Å². The molecule has 0 bridgehead atoms. The van der Waals surface area contributed by atoms with Crippen LogP contribution in [0.2, 0.25) is 0 Å². The van der Waals surface area contributed by atoms with Gasteiger partial charge in [-0.05, 0) is 23.8 Å². The molecule has 2 N–H and O–H groups in total. The lowest BCUT2D eigenvalue weighted by Gasteiger charge is -2.06. The van der Waals surface area contributed by atoms with Gasteiger partial charge in [0, 0.05) is 7.11 Å². The average Bonchev–Trinajstić information content (AvgIpc) is 2.27. The Balaban J connectivity index is 3.33. The molecule has 0 aliphatic carbocycles. The van der Waals surface area contributed by atoms with Crippen LogP contribution in [0, 0.1) is 0 Å². The summed E-state index contributed by atoms with van der Waals surface area (Å²) in [5.74, 6) is -0.632. The summed E-state index contributed by atoms with van der Waals surface area (Å²) in [6, 6.07) is 4.01. The molecule has 0 amide bonds. The normalized spacial score (nSPS) is 11.2. The number of primary sulfonamides is 1. The molecule has 1 aromatic carbocycles. The number of ether oxygens (including phenoxy) is 2. The molecule has 0 unspecified atom stereocenters. The van der Waals surface area contributed by atoms with E-state index in [1.165, 1.54) is 32.4 Å². The summed E-state index contributed by atoms with van der Waals surface area (Å²) >= 11 is 0. The molecule has 0 spiro atoms. The topological polar surface area (TPSA) is 95.7 Å². The number of benzene rings is 1. The molecule has 6 nitrogen and oxygen atoms in total. The minimum Gasteiger partial charge on any atom is -0.465 e. The molecule has 0 aliphatic heterocycles. The zero-order valence-corrected chi connectivity index (χ0v) is 10.3. The third-order valence-electron chi connectivity index (χ3n) is 2.03. The first-order valence-corrected chi connectivity index (χ1v) is 6.17. The molecule has 94 valence electrons. The van der Waals surface area contributed by atoms with Crippen LogP contribution in [-0.2, 0) is 26.1 Å². The first-order valence-electron chi connectivity index (χ1n) is 4.62. The van der Waals surface area contributed by atoms with E-state index in [1.54, 1.807) is 0 Å². The van der Waals surface area contributed by atoms with Gasteiger partial charge in [-0.25, -0.2) is 18.4 Å². The third kappa shape index (κ3) is 3.52. The Hall–Kier alpha value is -1.44. The van der Waals surface area contributed by atoms with E-state index in [-0.39, 0.29) is 17.1 Å². The lowest BCUT2D eigenvalue weighted by Crippen LogP contribution is -2.14. The Bertz CT molecular complexity index is 523. The first kappa shape index (κ1) is 13.6. The highest BCUT2D eigenvalue weighted by Gasteiger charge is 2.14. The van der Waals surface area contributed by atoms with E-state index in [1.807, 2.05) is 0 Å². The van der Waals surface area contributed by atoms with Crippen LogP contribution >= 0.6 is 0 Å². The molecule has 0 saturated carbocycles. The lowest BCUT2D eigenvalue weighted by molar-refractivity contribution is 0.0600. The number of nitrogens with two attached hydrogens (primary N) is 1. The van der Waals surface area contributed by atoms with Gasteiger partial charge in [0.25, 0.3) is 0 Å². The molecule has 7 heteroatoms. The van der Waals surface area contributed by atoms with Crippen molar-refractivity contribution in [3.63, 3.8) is 0 Å². The van der Waals surface area contributed by atoms with Gasteiger partial charge in [-0.15, -0.1) is 0 Å². The fourth-order valence-corrected chi connectivity index (χ4v) is 1.92. The number of carbonyl (C=O) groups excluding carboxylic acids is 1. The Morgan fingerprint density at radius 2 is 1.94 bits per heavy atom. The van der Waals surface area contributed by atoms with E-state index in [2.05, 4.69) is 4.74 Å². The summed E-state index contributed by atoms with van der Waals surface area (Å²) < 4.78 is 31.9. The molecule has 0 radical (unpaired) electrons. The predicted molar refractivity (Wildman–Crippen MR) is 59.9 cm³/mol. The Labute approximate surface area is 99.4 Å². The van der Waals surface area contributed by atoms with E-state index in [0.717, 1.165) is 0 Å². The second kappa shape index (κ2) is 5.26. The molecule has 17 heavy (non-hydrogen) atoms. The molecule has 0 heterocycles. The maximum absolute atomic E-state index is 11.4.